The van der Waals surface area contributed by atoms with E-state index in [0.29, 0.717) is 5.56 Å². The van der Waals surface area contributed by atoms with Gasteiger partial charge in [-0.15, -0.1) is 0 Å². The van der Waals surface area contributed by atoms with Gasteiger partial charge in [-0.1, -0.05) is 5.16 Å². The molecule has 6 nitrogen and oxygen atoms in total. The molecule has 1 unspecified atom stereocenters. The molecular formula is C16H15F2N3O3. The number of rotatable bonds is 6. The summed E-state index contributed by atoms with van der Waals surface area (Å²) in [4.78, 5) is 13.4. The van der Waals surface area contributed by atoms with E-state index in [2.05, 4.69) is 15.1 Å². The van der Waals surface area contributed by atoms with Gasteiger partial charge in [-0.25, -0.2) is 18.7 Å². The van der Waals surface area contributed by atoms with Crippen LogP contribution in [0.1, 0.15) is 35.9 Å². The number of aromatic nitrogens is 2. The molecule has 0 amide bonds. The van der Waals surface area contributed by atoms with E-state index >= 15 is 0 Å². The quantitative estimate of drug-likeness (QED) is 0.620. The highest BCUT2D eigenvalue weighted by Crippen LogP contribution is 2.24. The van der Waals surface area contributed by atoms with Crippen molar-refractivity contribution in [2.24, 2.45) is 5.16 Å². The van der Waals surface area contributed by atoms with Crippen molar-refractivity contribution in [2.75, 3.05) is 6.61 Å². The minimum Gasteiger partial charge on any atom is -0.393 e. The molecule has 3 rings (SSSR count). The molecule has 1 fully saturated rings. The molecule has 2 N–H and O–H groups in total. The predicted octanol–water partition coefficient (Wildman–Crippen LogP) is 1.71. The van der Waals surface area contributed by atoms with E-state index in [4.69, 9.17) is 9.94 Å². The Balaban J connectivity index is 1.94. The van der Waals surface area contributed by atoms with Gasteiger partial charge in [0, 0.05) is 23.5 Å². The van der Waals surface area contributed by atoms with Gasteiger partial charge in [0.1, 0.15) is 12.2 Å². The molecule has 8 heteroatoms. The summed E-state index contributed by atoms with van der Waals surface area (Å²) in [6, 6.07) is 3.33. The molecule has 126 valence electrons. The fourth-order valence-corrected chi connectivity index (χ4v) is 1.90. The van der Waals surface area contributed by atoms with Gasteiger partial charge >= 0.3 is 0 Å². The largest absolute Gasteiger partial charge is 0.393 e. The van der Waals surface area contributed by atoms with Crippen molar-refractivity contribution < 1.29 is 23.8 Å². The Kier molecular flexibility index (Phi) is 4.77. The van der Waals surface area contributed by atoms with Crippen molar-refractivity contribution in [3.8, 4) is 0 Å². The topological polar surface area (TPSA) is 87.8 Å². The first-order valence-electron chi connectivity index (χ1n) is 7.39. The third-order valence-corrected chi connectivity index (χ3v) is 3.45. The van der Waals surface area contributed by atoms with Crippen LogP contribution in [0.3, 0.4) is 0 Å². The third-order valence-electron chi connectivity index (χ3n) is 3.45. The van der Waals surface area contributed by atoms with Crippen LogP contribution in [0.4, 0.5) is 8.78 Å². The lowest BCUT2D eigenvalue weighted by molar-refractivity contribution is 0.0950. The van der Waals surface area contributed by atoms with Crippen molar-refractivity contribution in [3.63, 3.8) is 0 Å². The van der Waals surface area contributed by atoms with E-state index in [1.54, 1.807) is 0 Å². The van der Waals surface area contributed by atoms with Crippen LogP contribution in [-0.4, -0.2) is 38.6 Å². The molecule has 0 aliphatic heterocycles. The second-order valence-electron chi connectivity index (χ2n) is 5.41. The highest BCUT2D eigenvalue weighted by atomic mass is 19.2. The van der Waals surface area contributed by atoms with Crippen molar-refractivity contribution in [1.29, 1.82) is 0 Å². The molecule has 0 saturated heterocycles. The standard InChI is InChI=1S/C16H15F2N3O3/c17-12-4-1-9(5-13(12)18)15(21-24-11-2-3-11)16-19-6-10(7-20-16)14(23)8-22/h1,4-7,11,14,22-23H,2-3,8H2/b21-15+. The zero-order valence-corrected chi connectivity index (χ0v) is 12.6. The first kappa shape index (κ1) is 16.4. The summed E-state index contributed by atoms with van der Waals surface area (Å²) < 4.78 is 26.7. The Morgan fingerprint density at radius 3 is 2.54 bits per heavy atom. The monoisotopic (exact) mass is 335 g/mol. The zero-order chi connectivity index (χ0) is 17.1. The minimum atomic E-state index is -1.09. The second kappa shape index (κ2) is 6.98. The molecule has 1 aliphatic rings. The number of hydrogen-bond acceptors (Lipinski definition) is 6. The van der Waals surface area contributed by atoms with Crippen molar-refractivity contribution in [1.82, 2.24) is 9.97 Å². The van der Waals surface area contributed by atoms with E-state index in [1.165, 1.54) is 18.5 Å². The van der Waals surface area contributed by atoms with Crippen molar-refractivity contribution in [3.05, 3.63) is 59.2 Å². The molecular weight excluding hydrogens is 320 g/mol. The average molecular weight is 335 g/mol. The number of nitrogens with zero attached hydrogens (tertiary/aromatic N) is 3. The lowest BCUT2D eigenvalue weighted by Crippen LogP contribution is -2.12. The number of benzene rings is 1. The van der Waals surface area contributed by atoms with Gasteiger partial charge in [0.2, 0.25) is 0 Å². The van der Waals surface area contributed by atoms with Crippen molar-refractivity contribution in [2.45, 2.75) is 25.0 Å². The molecule has 0 spiro atoms. The molecule has 1 aromatic heterocycles. The SMILES string of the molecule is OCC(O)c1cnc(/C(=N/OC2CC2)c2ccc(F)c(F)c2)nc1. The molecule has 1 aromatic carbocycles. The van der Waals surface area contributed by atoms with Gasteiger partial charge in [0.05, 0.1) is 6.61 Å². The highest BCUT2D eigenvalue weighted by molar-refractivity contribution is 6.10. The molecule has 1 atom stereocenters. The lowest BCUT2D eigenvalue weighted by Gasteiger charge is -2.09. The normalized spacial score (nSPS) is 16.1. The molecule has 24 heavy (non-hydrogen) atoms. The molecule has 1 saturated carbocycles. The summed E-state index contributed by atoms with van der Waals surface area (Å²) in [6.45, 7) is -0.461. The van der Waals surface area contributed by atoms with E-state index < -0.39 is 24.3 Å². The predicted molar refractivity (Wildman–Crippen MR) is 80.2 cm³/mol. The van der Waals surface area contributed by atoms with Crippen LogP contribution in [0.2, 0.25) is 0 Å². The van der Waals surface area contributed by atoms with E-state index in [1.807, 2.05) is 0 Å². The van der Waals surface area contributed by atoms with Crippen LogP contribution in [0.15, 0.2) is 35.7 Å². The van der Waals surface area contributed by atoms with Crippen molar-refractivity contribution >= 4 is 5.71 Å². The number of aliphatic hydroxyl groups excluding tert-OH is 2. The first-order valence-corrected chi connectivity index (χ1v) is 7.39. The average Bonchev–Trinajstić information content (AvgIpc) is 3.42. The second-order valence-corrected chi connectivity index (χ2v) is 5.41. The van der Waals surface area contributed by atoms with Crippen LogP contribution in [0.5, 0.6) is 0 Å². The Bertz CT molecular complexity index is 749. The summed E-state index contributed by atoms with van der Waals surface area (Å²) in [5.74, 6) is -1.85. The lowest BCUT2D eigenvalue weighted by atomic mass is 10.1. The van der Waals surface area contributed by atoms with Crippen LogP contribution in [0.25, 0.3) is 0 Å². The molecule has 1 aliphatic carbocycles. The van der Waals surface area contributed by atoms with Gasteiger partial charge < -0.3 is 15.1 Å². The summed E-state index contributed by atoms with van der Waals surface area (Å²) in [5.41, 5.74) is 0.754. The first-order chi connectivity index (χ1) is 11.6. The van der Waals surface area contributed by atoms with Crippen LogP contribution < -0.4 is 0 Å². The summed E-state index contributed by atoms with van der Waals surface area (Å²) >= 11 is 0. The Hall–Kier alpha value is -2.45. The number of hydrogen-bond donors (Lipinski definition) is 2. The zero-order valence-electron chi connectivity index (χ0n) is 12.6. The Morgan fingerprint density at radius 2 is 1.96 bits per heavy atom. The van der Waals surface area contributed by atoms with Crippen LogP contribution >= 0.6 is 0 Å². The van der Waals surface area contributed by atoms with E-state index in [9.17, 15) is 13.9 Å². The number of halogens is 2. The fraction of sp³-hybridized carbons (Fsp3) is 0.312. The molecule has 1 heterocycles. The maximum absolute atomic E-state index is 13.5. The minimum absolute atomic E-state index is 0.0146. The fourth-order valence-electron chi connectivity index (χ4n) is 1.90. The maximum atomic E-state index is 13.5. The Morgan fingerprint density at radius 1 is 1.25 bits per heavy atom. The molecule has 0 bridgehead atoms. The smallest absolute Gasteiger partial charge is 0.182 e. The van der Waals surface area contributed by atoms with Crippen LogP contribution in [-0.2, 0) is 4.84 Å². The van der Waals surface area contributed by atoms with Gasteiger partial charge in [-0.2, -0.15) is 0 Å². The van der Waals surface area contributed by atoms with Gasteiger partial charge in [0.25, 0.3) is 0 Å². The summed E-state index contributed by atoms with van der Waals surface area (Å²) in [6.07, 6.45) is 3.35. The summed E-state index contributed by atoms with van der Waals surface area (Å²) in [5, 5.41) is 22.5. The Labute approximate surface area is 136 Å². The number of aliphatic hydroxyl groups is 2. The van der Waals surface area contributed by atoms with E-state index in [-0.39, 0.29) is 23.2 Å². The van der Waals surface area contributed by atoms with Gasteiger partial charge in [-0.05, 0) is 31.0 Å². The van der Waals surface area contributed by atoms with Crippen LogP contribution in [0, 0.1) is 11.6 Å². The highest BCUT2D eigenvalue weighted by Gasteiger charge is 2.24. The summed E-state index contributed by atoms with van der Waals surface area (Å²) in [7, 11) is 0. The van der Waals surface area contributed by atoms with Gasteiger partial charge in [0.15, 0.2) is 23.2 Å². The molecule has 0 radical (unpaired) electrons. The number of oxime groups is 1. The van der Waals surface area contributed by atoms with E-state index in [0.717, 1.165) is 25.0 Å². The van der Waals surface area contributed by atoms with Gasteiger partial charge in [-0.3, -0.25) is 0 Å². The molecule has 2 aromatic rings. The third kappa shape index (κ3) is 3.72. The maximum Gasteiger partial charge on any atom is 0.182 e.